The summed E-state index contributed by atoms with van der Waals surface area (Å²) >= 11 is 2.26. The summed E-state index contributed by atoms with van der Waals surface area (Å²) in [5, 5.41) is 0. The van der Waals surface area contributed by atoms with Gasteiger partial charge in [0.2, 0.25) is 0 Å². The van der Waals surface area contributed by atoms with Crippen molar-refractivity contribution in [3.05, 3.63) is 7.14 Å². The maximum absolute atomic E-state index is 12.3. The van der Waals surface area contributed by atoms with Gasteiger partial charge in [-0.2, -0.15) is 33.7 Å². The zero-order valence-corrected chi connectivity index (χ0v) is 26.7. The topological polar surface area (TPSA) is 254 Å². The first-order valence-corrected chi connectivity index (χ1v) is 16.9. The largest absolute Gasteiger partial charge is 0.494 e. The number of benzene rings is 2. The molecule has 0 atom stereocenters. The maximum atomic E-state index is 12.3. The fourth-order valence-electron chi connectivity index (χ4n) is 3.42. The average molecular weight is 846 g/mol. The highest BCUT2D eigenvalue weighted by Crippen LogP contribution is 2.57. The summed E-state index contributed by atoms with van der Waals surface area (Å²) in [5.41, 5.74) is -1.90. The van der Waals surface area contributed by atoms with Gasteiger partial charge in [0.25, 0.3) is 40.5 Å². The summed E-state index contributed by atoms with van der Waals surface area (Å²) in [5.74, 6) is -3.88. The summed E-state index contributed by atoms with van der Waals surface area (Å²) < 4.78 is 157. The number of methoxy groups -OCH3 is 4. The lowest BCUT2D eigenvalue weighted by molar-refractivity contribution is 0.363. The Hall–Kier alpha value is -1.26. The summed E-state index contributed by atoms with van der Waals surface area (Å²) in [7, 11) is -18.4. The molecule has 0 aliphatic heterocycles. The highest BCUT2D eigenvalue weighted by atomic mass is 127. The van der Waals surface area contributed by atoms with E-state index in [2.05, 4.69) is 0 Å². The highest BCUT2D eigenvalue weighted by molar-refractivity contribution is 14.1. The van der Waals surface area contributed by atoms with E-state index in [-0.39, 0.29) is 0 Å². The maximum Gasteiger partial charge on any atom is 0.299 e. The van der Waals surface area contributed by atoms with Crippen molar-refractivity contribution >= 4 is 85.7 Å². The number of hydrogen-bond donors (Lipinski definition) is 4. The first kappa shape index (κ1) is 32.9. The van der Waals surface area contributed by atoms with Gasteiger partial charge in [-0.3, -0.25) is 18.2 Å². The van der Waals surface area contributed by atoms with Gasteiger partial charge in [-0.05, 0) is 45.2 Å². The third kappa shape index (κ3) is 5.78. The predicted octanol–water partition coefficient (Wildman–Crippen LogP) is 1.58. The van der Waals surface area contributed by atoms with E-state index in [9.17, 15) is 51.9 Å². The average Bonchev–Trinajstić information content (AvgIpc) is 2.73. The van der Waals surface area contributed by atoms with Crippen LogP contribution in [0.1, 0.15) is 0 Å². The number of halogens is 2. The van der Waals surface area contributed by atoms with Gasteiger partial charge in [0, 0.05) is 0 Å². The minimum atomic E-state index is -5.42. The van der Waals surface area contributed by atoms with Crippen molar-refractivity contribution in [2.24, 2.45) is 0 Å². The van der Waals surface area contributed by atoms with E-state index in [0.717, 1.165) is 73.6 Å². The monoisotopic (exact) mass is 846 g/mol. The summed E-state index contributed by atoms with van der Waals surface area (Å²) in [6.07, 6.45) is 0. The first-order valence-electron chi connectivity index (χ1n) is 8.96. The first-order chi connectivity index (χ1) is 17.1. The van der Waals surface area contributed by atoms with E-state index >= 15 is 0 Å². The minimum Gasteiger partial charge on any atom is -0.494 e. The van der Waals surface area contributed by atoms with Crippen LogP contribution in [0.2, 0.25) is 0 Å². The van der Waals surface area contributed by atoms with Crippen LogP contribution in [-0.4, -0.2) is 80.3 Å². The van der Waals surface area contributed by atoms with Crippen molar-refractivity contribution < 1.29 is 70.8 Å². The van der Waals surface area contributed by atoms with Crippen molar-refractivity contribution in [1.29, 1.82) is 0 Å². The zero-order chi connectivity index (χ0) is 29.8. The van der Waals surface area contributed by atoms with E-state index < -0.39 is 101 Å². The fourth-order valence-corrected chi connectivity index (χ4v) is 10.9. The lowest BCUT2D eigenvalue weighted by atomic mass is 10.0. The molecule has 0 fully saturated rings. The van der Waals surface area contributed by atoms with Gasteiger partial charge in [0.05, 0.1) is 46.7 Å². The second-order valence-electron chi connectivity index (χ2n) is 6.73. The van der Waals surface area contributed by atoms with Gasteiger partial charge < -0.3 is 18.9 Å². The van der Waals surface area contributed by atoms with E-state index in [1.54, 1.807) is 0 Å². The SMILES string of the molecule is COc1c(-c2c(OC)c(S(=O)(=O)O)c(I)c(S(=O)(=O)O)c2OC)c(OC)c(S(=O)(=O)O)c(I)c1S(=O)(=O)O. The molecule has 214 valence electrons. The Kier molecular flexibility index (Phi) is 9.50. The van der Waals surface area contributed by atoms with Crippen LogP contribution in [0.15, 0.2) is 19.6 Å². The van der Waals surface area contributed by atoms with Crippen LogP contribution >= 0.6 is 45.2 Å². The molecule has 0 spiro atoms. The molecule has 0 aliphatic rings. The van der Waals surface area contributed by atoms with Crippen molar-refractivity contribution in [1.82, 2.24) is 0 Å². The molecule has 2 aromatic carbocycles. The zero-order valence-electron chi connectivity index (χ0n) is 19.1. The third-order valence-corrected chi connectivity index (χ3v) is 11.9. The van der Waals surface area contributed by atoms with Crippen LogP contribution < -0.4 is 18.9 Å². The Labute approximate surface area is 243 Å². The Morgan fingerprint density at radius 3 is 0.711 bits per heavy atom. The number of ether oxygens (including phenoxy) is 4. The molecule has 22 heteroatoms. The van der Waals surface area contributed by atoms with Gasteiger partial charge in [-0.1, -0.05) is 0 Å². The van der Waals surface area contributed by atoms with Crippen molar-refractivity contribution in [2.45, 2.75) is 19.6 Å². The molecule has 2 rings (SSSR count). The molecule has 0 unspecified atom stereocenters. The van der Waals surface area contributed by atoms with Gasteiger partial charge >= 0.3 is 0 Å². The predicted molar refractivity (Wildman–Crippen MR) is 143 cm³/mol. The van der Waals surface area contributed by atoms with E-state index in [1.807, 2.05) is 0 Å². The molecule has 0 heterocycles. The van der Waals surface area contributed by atoms with Gasteiger partial charge in [0.15, 0.2) is 42.6 Å². The highest BCUT2D eigenvalue weighted by Gasteiger charge is 2.42. The van der Waals surface area contributed by atoms with Crippen LogP contribution in [0.5, 0.6) is 23.0 Å². The molecule has 0 aromatic heterocycles. The lowest BCUT2D eigenvalue weighted by Crippen LogP contribution is -2.16. The summed E-state index contributed by atoms with van der Waals surface area (Å²) in [4.78, 5) is -5.14. The molecule has 4 N–H and O–H groups in total. The molecule has 0 saturated carbocycles. The van der Waals surface area contributed by atoms with Crippen LogP contribution in [0, 0.1) is 7.14 Å². The van der Waals surface area contributed by atoms with Crippen molar-refractivity contribution in [3.8, 4) is 34.1 Å². The quantitative estimate of drug-likeness (QED) is 0.207. The Morgan fingerprint density at radius 2 is 0.605 bits per heavy atom. The van der Waals surface area contributed by atoms with Gasteiger partial charge in [-0.25, -0.2) is 0 Å². The standard InChI is InChI=1S/C16H16I2O16S4/c1-31-9-5(10(32-2)14(36(22,23)24)7(17)13(9)35(19,20)21)6-11(33-3)15(37(25,26)27)8(18)16(12(6)34-4)38(28,29)30/h1-4H3,(H,19,20,21)(H,22,23,24)(H,25,26,27)(H,28,29,30). The van der Waals surface area contributed by atoms with Crippen molar-refractivity contribution in [2.75, 3.05) is 28.4 Å². The molecule has 0 radical (unpaired) electrons. The molecular weight excluding hydrogens is 830 g/mol. The Balaban J connectivity index is 3.73. The third-order valence-electron chi connectivity index (χ3n) is 4.63. The minimum absolute atomic E-state index is 0.829. The smallest absolute Gasteiger partial charge is 0.299 e. The normalized spacial score (nSPS) is 12.8. The fraction of sp³-hybridized carbons (Fsp3) is 0.250. The molecule has 2 aromatic rings. The van der Waals surface area contributed by atoms with E-state index in [4.69, 9.17) is 18.9 Å². The molecule has 38 heavy (non-hydrogen) atoms. The van der Waals surface area contributed by atoms with Gasteiger partial charge in [0.1, 0.15) is 0 Å². The lowest BCUT2D eigenvalue weighted by Gasteiger charge is -2.25. The number of hydrogen-bond acceptors (Lipinski definition) is 12. The molecule has 0 amide bonds. The van der Waals surface area contributed by atoms with Gasteiger partial charge in [-0.15, -0.1) is 0 Å². The number of rotatable bonds is 9. The van der Waals surface area contributed by atoms with Crippen LogP contribution in [0.3, 0.4) is 0 Å². The van der Waals surface area contributed by atoms with Crippen LogP contribution in [-0.2, 0) is 40.5 Å². The molecule has 16 nitrogen and oxygen atoms in total. The molecule has 0 saturated heterocycles. The second-order valence-corrected chi connectivity index (χ2v) is 14.3. The summed E-state index contributed by atoms with van der Waals surface area (Å²) in [6.45, 7) is 0. The second kappa shape index (κ2) is 11.0. The molecule has 0 aliphatic carbocycles. The summed E-state index contributed by atoms with van der Waals surface area (Å²) in [6, 6.07) is 0. The Bertz CT molecular complexity index is 1510. The van der Waals surface area contributed by atoms with Crippen LogP contribution in [0.4, 0.5) is 0 Å². The van der Waals surface area contributed by atoms with E-state index in [0.29, 0.717) is 0 Å². The Morgan fingerprint density at radius 1 is 0.447 bits per heavy atom. The van der Waals surface area contributed by atoms with Crippen LogP contribution in [0.25, 0.3) is 11.1 Å². The van der Waals surface area contributed by atoms with E-state index in [1.165, 1.54) is 0 Å². The molecular formula is C16H16I2O16S4. The molecule has 0 bridgehead atoms. The van der Waals surface area contributed by atoms with Crippen molar-refractivity contribution in [3.63, 3.8) is 0 Å².